The van der Waals surface area contributed by atoms with E-state index in [1.54, 1.807) is 6.20 Å². The first kappa shape index (κ1) is 17.6. The number of nitrogens with one attached hydrogen (secondary N) is 3. The van der Waals surface area contributed by atoms with E-state index in [2.05, 4.69) is 21.7 Å². The average molecular weight is 364 g/mol. The number of aromatic amines is 1. The molecule has 140 valence electrons. The monoisotopic (exact) mass is 364 g/mol. The summed E-state index contributed by atoms with van der Waals surface area (Å²) < 4.78 is 0. The minimum atomic E-state index is -0.399. The largest absolute Gasteiger partial charge is 0.360 e. The van der Waals surface area contributed by atoms with E-state index in [0.717, 1.165) is 49.4 Å². The number of aromatic nitrogens is 1. The van der Waals surface area contributed by atoms with Gasteiger partial charge >= 0.3 is 0 Å². The second-order valence-electron chi connectivity index (χ2n) is 7.67. The molecule has 6 nitrogen and oxygen atoms in total. The van der Waals surface area contributed by atoms with Crippen LogP contribution in [0, 0.1) is 23.2 Å². The van der Waals surface area contributed by atoms with Crippen LogP contribution < -0.4 is 10.6 Å². The Labute approximate surface area is 158 Å². The van der Waals surface area contributed by atoms with E-state index in [-0.39, 0.29) is 23.8 Å². The zero-order valence-electron chi connectivity index (χ0n) is 15.2. The average Bonchev–Trinajstić information content (AvgIpc) is 3.44. The van der Waals surface area contributed by atoms with Crippen molar-refractivity contribution >= 4 is 22.7 Å². The Balaban J connectivity index is 1.46. The number of benzene rings is 1. The van der Waals surface area contributed by atoms with Gasteiger partial charge in [0.25, 0.3) is 5.91 Å². The normalized spacial score (nSPS) is 23.4. The highest BCUT2D eigenvalue weighted by Crippen LogP contribution is 2.33. The number of carbonyl (C=O) groups excluding carboxylic acids is 2. The molecule has 0 spiro atoms. The fourth-order valence-corrected chi connectivity index (χ4v) is 4.07. The Morgan fingerprint density at radius 1 is 1.15 bits per heavy atom. The standard InChI is InChI=1S/C21H24N4O2/c22-11-19(13-9-10-13)25-20(26)15-6-2-4-8-18(15)24-21(27)16-12-23-17-7-3-1-5-14(16)17/h1,3,5,7,12-13,15,18-19,23H,2,4,6,8-10H2,(H,24,27)(H,25,26)/t15-,18+,19?/m1/s1. The first-order valence-corrected chi connectivity index (χ1v) is 9.74. The van der Waals surface area contributed by atoms with Crippen LogP contribution in [0.15, 0.2) is 30.5 Å². The third kappa shape index (κ3) is 3.68. The molecule has 2 aliphatic rings. The molecule has 0 aliphatic heterocycles. The van der Waals surface area contributed by atoms with Crippen LogP contribution in [-0.4, -0.2) is 28.9 Å². The van der Waals surface area contributed by atoms with Gasteiger partial charge in [0.1, 0.15) is 6.04 Å². The number of H-pyrrole nitrogens is 1. The summed E-state index contributed by atoms with van der Waals surface area (Å²) in [5.41, 5.74) is 1.52. The third-order valence-corrected chi connectivity index (χ3v) is 5.78. The van der Waals surface area contributed by atoms with Crippen molar-refractivity contribution in [3.05, 3.63) is 36.0 Å². The number of hydrogen-bond acceptors (Lipinski definition) is 3. The van der Waals surface area contributed by atoms with Crippen molar-refractivity contribution in [1.29, 1.82) is 5.26 Å². The maximum atomic E-state index is 12.8. The first-order chi connectivity index (χ1) is 13.2. The van der Waals surface area contributed by atoms with Crippen LogP contribution in [0.3, 0.4) is 0 Å². The van der Waals surface area contributed by atoms with Gasteiger partial charge in [-0.2, -0.15) is 5.26 Å². The number of nitriles is 1. The van der Waals surface area contributed by atoms with Gasteiger partial charge in [-0.25, -0.2) is 0 Å². The van der Waals surface area contributed by atoms with Crippen LogP contribution in [0.2, 0.25) is 0 Å². The van der Waals surface area contributed by atoms with Crippen molar-refractivity contribution in [3.8, 4) is 6.07 Å². The summed E-state index contributed by atoms with van der Waals surface area (Å²) >= 11 is 0. The van der Waals surface area contributed by atoms with E-state index >= 15 is 0 Å². The molecule has 27 heavy (non-hydrogen) atoms. The lowest BCUT2D eigenvalue weighted by molar-refractivity contribution is -0.127. The highest BCUT2D eigenvalue weighted by molar-refractivity contribution is 6.06. The number of nitrogens with zero attached hydrogens (tertiary/aromatic N) is 1. The molecule has 6 heteroatoms. The van der Waals surface area contributed by atoms with Crippen molar-refractivity contribution in [2.45, 2.75) is 50.6 Å². The maximum absolute atomic E-state index is 12.8. The molecule has 2 fully saturated rings. The number of amides is 2. The molecule has 2 aromatic rings. The molecule has 2 amide bonds. The van der Waals surface area contributed by atoms with Gasteiger partial charge < -0.3 is 15.6 Å². The van der Waals surface area contributed by atoms with E-state index in [4.69, 9.17) is 0 Å². The highest BCUT2D eigenvalue weighted by atomic mass is 16.2. The summed E-state index contributed by atoms with van der Waals surface area (Å²) in [6.45, 7) is 0. The van der Waals surface area contributed by atoms with E-state index in [1.807, 2.05) is 24.3 Å². The highest BCUT2D eigenvalue weighted by Gasteiger charge is 2.37. The van der Waals surface area contributed by atoms with Crippen molar-refractivity contribution in [2.75, 3.05) is 0 Å². The van der Waals surface area contributed by atoms with Crippen LogP contribution in [-0.2, 0) is 4.79 Å². The molecule has 0 radical (unpaired) electrons. The van der Waals surface area contributed by atoms with Gasteiger partial charge in [-0.3, -0.25) is 9.59 Å². The second-order valence-corrected chi connectivity index (χ2v) is 7.67. The van der Waals surface area contributed by atoms with Crippen LogP contribution in [0.25, 0.3) is 10.9 Å². The molecule has 2 aliphatic carbocycles. The molecule has 0 saturated heterocycles. The Kier molecular flexibility index (Phi) is 4.85. The molecule has 4 rings (SSSR count). The van der Waals surface area contributed by atoms with Crippen molar-refractivity contribution in [3.63, 3.8) is 0 Å². The number of carbonyl (C=O) groups is 2. The van der Waals surface area contributed by atoms with Crippen LogP contribution in [0.4, 0.5) is 0 Å². The lowest BCUT2D eigenvalue weighted by atomic mass is 9.83. The van der Waals surface area contributed by atoms with Gasteiger partial charge in [0.05, 0.1) is 17.6 Å². The summed E-state index contributed by atoms with van der Waals surface area (Å²) in [7, 11) is 0. The first-order valence-electron chi connectivity index (χ1n) is 9.74. The van der Waals surface area contributed by atoms with Crippen LogP contribution in [0.5, 0.6) is 0 Å². The van der Waals surface area contributed by atoms with Gasteiger partial charge in [0.2, 0.25) is 5.91 Å². The van der Waals surface area contributed by atoms with Gasteiger partial charge in [-0.05, 0) is 37.7 Å². The Morgan fingerprint density at radius 3 is 2.70 bits per heavy atom. The Hall–Kier alpha value is -2.81. The van der Waals surface area contributed by atoms with E-state index in [9.17, 15) is 14.9 Å². The maximum Gasteiger partial charge on any atom is 0.253 e. The molecule has 1 heterocycles. The van der Waals surface area contributed by atoms with E-state index in [0.29, 0.717) is 11.5 Å². The summed E-state index contributed by atoms with van der Waals surface area (Å²) in [6, 6.07) is 9.29. The minimum absolute atomic E-state index is 0.0997. The summed E-state index contributed by atoms with van der Waals surface area (Å²) in [5.74, 6) is -0.238. The van der Waals surface area contributed by atoms with Gasteiger partial charge in [-0.1, -0.05) is 31.0 Å². The van der Waals surface area contributed by atoms with Crippen LogP contribution in [0.1, 0.15) is 48.9 Å². The number of rotatable bonds is 5. The molecule has 1 aromatic heterocycles. The molecular formula is C21H24N4O2. The topological polar surface area (TPSA) is 97.8 Å². The van der Waals surface area contributed by atoms with Gasteiger partial charge in [0, 0.05) is 23.1 Å². The summed E-state index contributed by atoms with van der Waals surface area (Å²) in [6.07, 6.45) is 7.22. The quantitative estimate of drug-likeness (QED) is 0.761. The lowest BCUT2D eigenvalue weighted by Crippen LogP contribution is -2.50. The Morgan fingerprint density at radius 2 is 1.93 bits per heavy atom. The SMILES string of the molecule is N#CC(NC(=O)[C@@H]1CCCC[C@@H]1NC(=O)c1c[nH]c2ccccc12)C1CC1. The van der Waals surface area contributed by atoms with E-state index < -0.39 is 6.04 Å². The number of para-hydroxylation sites is 1. The fraction of sp³-hybridized carbons (Fsp3) is 0.476. The molecule has 1 aromatic carbocycles. The predicted octanol–water partition coefficient (Wildman–Crippen LogP) is 2.87. The van der Waals surface area contributed by atoms with Crippen molar-refractivity contribution in [1.82, 2.24) is 15.6 Å². The van der Waals surface area contributed by atoms with Crippen LogP contribution >= 0.6 is 0 Å². The Bertz CT molecular complexity index is 893. The van der Waals surface area contributed by atoms with Crippen molar-refractivity contribution in [2.24, 2.45) is 11.8 Å². The van der Waals surface area contributed by atoms with Crippen molar-refractivity contribution < 1.29 is 9.59 Å². The summed E-state index contributed by atoms with van der Waals surface area (Å²) in [5, 5.41) is 16.1. The zero-order chi connectivity index (χ0) is 18.8. The number of fused-ring (bicyclic) bond motifs is 1. The molecule has 3 atom stereocenters. The molecule has 1 unspecified atom stereocenters. The second kappa shape index (κ2) is 7.43. The van der Waals surface area contributed by atoms with Gasteiger partial charge in [0.15, 0.2) is 0 Å². The number of hydrogen-bond donors (Lipinski definition) is 3. The fourth-order valence-electron chi connectivity index (χ4n) is 4.07. The van der Waals surface area contributed by atoms with Gasteiger partial charge in [-0.15, -0.1) is 0 Å². The minimum Gasteiger partial charge on any atom is -0.360 e. The molecular weight excluding hydrogens is 340 g/mol. The van der Waals surface area contributed by atoms with E-state index in [1.165, 1.54) is 0 Å². The summed E-state index contributed by atoms with van der Waals surface area (Å²) in [4.78, 5) is 28.7. The predicted molar refractivity (Wildman–Crippen MR) is 102 cm³/mol. The molecule has 3 N–H and O–H groups in total. The zero-order valence-corrected chi connectivity index (χ0v) is 15.2. The lowest BCUT2D eigenvalue weighted by Gasteiger charge is -2.31. The molecule has 2 saturated carbocycles. The molecule has 0 bridgehead atoms. The smallest absolute Gasteiger partial charge is 0.253 e. The third-order valence-electron chi connectivity index (χ3n) is 5.78.